The minimum absolute atomic E-state index is 0.217. The number of unbranched alkanes of at least 4 members (excludes halogenated alkanes) is 22. The van der Waals surface area contributed by atoms with Gasteiger partial charge in [0.05, 0.1) is 6.61 Å². The molecule has 0 aromatic heterocycles. The summed E-state index contributed by atoms with van der Waals surface area (Å²) >= 11 is 0. The third-order valence-electron chi connectivity index (χ3n) is 8.98. The molecule has 0 rings (SSSR count). The predicted molar refractivity (Wildman–Crippen MR) is 198 cm³/mol. The van der Waals surface area contributed by atoms with Crippen molar-refractivity contribution >= 4 is 19.8 Å². The van der Waals surface area contributed by atoms with Crippen molar-refractivity contribution in [2.24, 2.45) is 11.8 Å². The minimum Gasteiger partial charge on any atom is -0.462 e. The Labute approximate surface area is 295 Å². The summed E-state index contributed by atoms with van der Waals surface area (Å²) in [6, 6.07) is 0. The van der Waals surface area contributed by atoms with Crippen LogP contribution in [-0.4, -0.2) is 41.0 Å². The lowest BCUT2D eigenvalue weighted by Crippen LogP contribution is -2.29. The molecule has 0 aliphatic heterocycles. The molecule has 0 radical (unpaired) electrons. The van der Waals surface area contributed by atoms with Crippen LogP contribution in [0, 0.1) is 11.8 Å². The molecule has 0 aromatic rings. The van der Waals surface area contributed by atoms with Crippen LogP contribution < -0.4 is 0 Å². The highest BCUT2D eigenvalue weighted by atomic mass is 31.2. The van der Waals surface area contributed by atoms with Crippen LogP contribution in [0.25, 0.3) is 0 Å². The first kappa shape index (κ1) is 47.0. The van der Waals surface area contributed by atoms with Crippen molar-refractivity contribution < 1.29 is 37.9 Å². The first-order valence-corrected chi connectivity index (χ1v) is 21.6. The van der Waals surface area contributed by atoms with Gasteiger partial charge >= 0.3 is 19.8 Å². The molecule has 0 aromatic carbocycles. The average molecular weight is 705 g/mol. The maximum Gasteiger partial charge on any atom is 0.469 e. The van der Waals surface area contributed by atoms with Crippen molar-refractivity contribution in [1.82, 2.24) is 0 Å². The van der Waals surface area contributed by atoms with Gasteiger partial charge in [0.1, 0.15) is 6.61 Å². The smallest absolute Gasteiger partial charge is 0.462 e. The van der Waals surface area contributed by atoms with Crippen LogP contribution in [0.3, 0.4) is 0 Å². The Kier molecular flexibility index (Phi) is 32.6. The van der Waals surface area contributed by atoms with Crippen LogP contribution in [0.1, 0.15) is 207 Å². The summed E-state index contributed by atoms with van der Waals surface area (Å²) < 4.78 is 26.3. The lowest BCUT2D eigenvalue weighted by Gasteiger charge is -2.18. The number of carbonyl (C=O) groups excluding carboxylic acids is 2. The number of hydrogen-bond acceptors (Lipinski definition) is 6. The van der Waals surface area contributed by atoms with Gasteiger partial charge in [-0.25, -0.2) is 4.57 Å². The van der Waals surface area contributed by atoms with Crippen molar-refractivity contribution in [1.29, 1.82) is 0 Å². The number of rotatable bonds is 36. The van der Waals surface area contributed by atoms with Crippen LogP contribution in [0.5, 0.6) is 0 Å². The van der Waals surface area contributed by atoms with Crippen molar-refractivity contribution in [3.63, 3.8) is 0 Å². The third kappa shape index (κ3) is 37.9. The molecule has 0 aliphatic carbocycles. The SMILES string of the molecule is CC(C)CCCCCCCCCCCCCCCCCC(=O)OC[C@H](COP(=O)(O)O)OC(=O)CCCCCCCCCCCC(C)C. The molecule has 0 bridgehead atoms. The quantitative estimate of drug-likeness (QED) is 0.0376. The summed E-state index contributed by atoms with van der Waals surface area (Å²) in [6.07, 6.45) is 31.2. The molecule has 1 atom stereocenters. The second kappa shape index (κ2) is 33.2. The zero-order valence-electron chi connectivity index (χ0n) is 31.7. The Balaban J connectivity index is 3.87. The monoisotopic (exact) mass is 705 g/mol. The fraction of sp³-hybridized carbons (Fsp3) is 0.949. The van der Waals surface area contributed by atoms with Crippen LogP contribution in [0.15, 0.2) is 0 Å². The highest BCUT2D eigenvalue weighted by Crippen LogP contribution is 2.36. The Morgan fingerprint density at radius 1 is 0.479 bits per heavy atom. The minimum atomic E-state index is -4.74. The normalized spacial score (nSPS) is 12.6. The summed E-state index contributed by atoms with van der Waals surface area (Å²) in [6.45, 7) is 8.34. The molecule has 2 N–H and O–H groups in total. The van der Waals surface area contributed by atoms with Gasteiger partial charge in [0, 0.05) is 12.8 Å². The number of hydrogen-bond donors (Lipinski definition) is 2. The van der Waals surface area contributed by atoms with Crippen LogP contribution >= 0.6 is 7.82 Å². The predicted octanol–water partition coefficient (Wildman–Crippen LogP) is 11.8. The molecule has 0 aliphatic rings. The van der Waals surface area contributed by atoms with Crippen molar-refractivity contribution in [2.45, 2.75) is 214 Å². The fourth-order valence-corrected chi connectivity index (χ4v) is 6.34. The molecule has 9 heteroatoms. The summed E-state index contributed by atoms with van der Waals surface area (Å²) in [7, 11) is -4.74. The first-order valence-electron chi connectivity index (χ1n) is 20.0. The van der Waals surface area contributed by atoms with Crippen LogP contribution in [-0.2, 0) is 28.2 Å². The first-order chi connectivity index (χ1) is 23.0. The largest absolute Gasteiger partial charge is 0.469 e. The van der Waals surface area contributed by atoms with Crippen molar-refractivity contribution in [3.05, 3.63) is 0 Å². The molecule has 0 saturated carbocycles. The molecule has 0 heterocycles. The second-order valence-corrected chi connectivity index (χ2v) is 16.2. The van der Waals surface area contributed by atoms with E-state index in [4.69, 9.17) is 19.3 Å². The Morgan fingerprint density at radius 2 is 0.792 bits per heavy atom. The lowest BCUT2D eigenvalue weighted by atomic mass is 10.0. The van der Waals surface area contributed by atoms with E-state index in [0.717, 1.165) is 50.4 Å². The highest BCUT2D eigenvalue weighted by Gasteiger charge is 2.22. The molecule has 0 saturated heterocycles. The molecule has 0 fully saturated rings. The summed E-state index contributed by atoms with van der Waals surface area (Å²) in [5, 5.41) is 0. The van der Waals surface area contributed by atoms with Gasteiger partial charge in [0.15, 0.2) is 6.10 Å². The molecule has 0 amide bonds. The van der Waals surface area contributed by atoms with Crippen molar-refractivity contribution in [2.75, 3.05) is 13.2 Å². The second-order valence-electron chi connectivity index (χ2n) is 14.9. The topological polar surface area (TPSA) is 119 Å². The number of phosphoric acid groups is 1. The van der Waals surface area contributed by atoms with E-state index in [1.807, 2.05) is 0 Å². The van der Waals surface area contributed by atoms with Gasteiger partial charge in [-0.1, -0.05) is 182 Å². The standard InChI is InChI=1S/C39H77O8P/c1-35(2)29-25-21-17-13-10-8-6-5-7-9-11-15-19-23-27-31-38(40)45-33-37(34-46-48(42,43)44)47-39(41)32-28-24-20-16-12-14-18-22-26-30-36(3)4/h35-37H,5-34H2,1-4H3,(H2,42,43,44)/t37-/m1/s1. The Morgan fingerprint density at radius 3 is 1.12 bits per heavy atom. The van der Waals surface area contributed by atoms with E-state index >= 15 is 0 Å². The van der Waals surface area contributed by atoms with Crippen LogP contribution in [0.4, 0.5) is 0 Å². The molecular formula is C39H77O8P. The maximum atomic E-state index is 12.3. The van der Waals surface area contributed by atoms with E-state index in [9.17, 15) is 14.2 Å². The van der Waals surface area contributed by atoms with Gasteiger partial charge < -0.3 is 19.3 Å². The van der Waals surface area contributed by atoms with E-state index in [0.29, 0.717) is 6.42 Å². The van der Waals surface area contributed by atoms with E-state index in [2.05, 4.69) is 32.2 Å². The van der Waals surface area contributed by atoms with Gasteiger partial charge in [-0.2, -0.15) is 0 Å². The number of esters is 2. The highest BCUT2D eigenvalue weighted by molar-refractivity contribution is 7.46. The van der Waals surface area contributed by atoms with Gasteiger partial charge in [0.2, 0.25) is 0 Å². The lowest BCUT2D eigenvalue weighted by molar-refractivity contribution is -0.161. The molecule has 0 spiro atoms. The van der Waals surface area contributed by atoms with E-state index in [1.165, 1.54) is 122 Å². The van der Waals surface area contributed by atoms with E-state index < -0.39 is 32.5 Å². The number of carbonyl (C=O) groups is 2. The van der Waals surface area contributed by atoms with E-state index in [1.54, 1.807) is 0 Å². The Hall–Kier alpha value is -0.950. The zero-order valence-corrected chi connectivity index (χ0v) is 32.6. The zero-order chi connectivity index (χ0) is 35.7. The van der Waals surface area contributed by atoms with Gasteiger partial charge in [0.25, 0.3) is 0 Å². The molecule has 286 valence electrons. The van der Waals surface area contributed by atoms with Gasteiger partial charge in [-0.15, -0.1) is 0 Å². The molecular weight excluding hydrogens is 627 g/mol. The van der Waals surface area contributed by atoms with Gasteiger partial charge in [-0.05, 0) is 24.7 Å². The van der Waals surface area contributed by atoms with E-state index in [-0.39, 0.29) is 19.4 Å². The Bertz CT molecular complexity index is 782. The molecule has 0 unspecified atom stereocenters. The van der Waals surface area contributed by atoms with Crippen molar-refractivity contribution in [3.8, 4) is 0 Å². The molecule has 8 nitrogen and oxygen atoms in total. The summed E-state index contributed by atoms with van der Waals surface area (Å²) in [4.78, 5) is 42.7. The maximum absolute atomic E-state index is 12.3. The van der Waals surface area contributed by atoms with Crippen LogP contribution in [0.2, 0.25) is 0 Å². The molecule has 48 heavy (non-hydrogen) atoms. The van der Waals surface area contributed by atoms with Gasteiger partial charge in [-0.3, -0.25) is 14.1 Å². The fourth-order valence-electron chi connectivity index (χ4n) is 5.98. The summed E-state index contributed by atoms with van der Waals surface area (Å²) in [5.41, 5.74) is 0. The number of ether oxygens (including phenoxy) is 2. The average Bonchev–Trinajstić information content (AvgIpc) is 3.01. The number of phosphoric ester groups is 1. The third-order valence-corrected chi connectivity index (χ3v) is 9.47. The summed E-state index contributed by atoms with van der Waals surface area (Å²) in [5.74, 6) is 0.750.